The molecule has 2 unspecified atom stereocenters. The first-order valence-electron chi connectivity index (χ1n) is 8.70. The number of anilines is 1. The largest absolute Gasteiger partial charge is 0.609 e. The monoisotopic (exact) mass is 457 g/mol. The molecule has 0 bridgehead atoms. The van der Waals surface area contributed by atoms with Gasteiger partial charge in [-0.05, 0) is 19.9 Å². The Balaban J connectivity index is 2.29. The van der Waals surface area contributed by atoms with Crippen LogP contribution in [0.1, 0.15) is 25.0 Å². The molecule has 1 N–H and O–H groups in total. The van der Waals surface area contributed by atoms with Gasteiger partial charge < -0.3 is 24.0 Å². The van der Waals surface area contributed by atoms with Crippen molar-refractivity contribution in [1.29, 1.82) is 0 Å². The van der Waals surface area contributed by atoms with Crippen molar-refractivity contribution in [1.82, 2.24) is 9.97 Å². The molecule has 7 nitrogen and oxygen atoms in total. The first kappa shape index (κ1) is 22.0. The minimum atomic E-state index is -1.35. The second-order valence-electron chi connectivity index (χ2n) is 6.64. The highest BCUT2D eigenvalue weighted by molar-refractivity contribution is 7.90. The molecule has 1 aliphatic rings. The number of benzene rings is 1. The van der Waals surface area contributed by atoms with Crippen LogP contribution in [0.5, 0.6) is 11.5 Å². The first-order chi connectivity index (χ1) is 13.7. The van der Waals surface area contributed by atoms with Gasteiger partial charge in [-0.3, -0.25) is 0 Å². The average Bonchev–Trinajstić information content (AvgIpc) is 2.67. The van der Waals surface area contributed by atoms with Crippen LogP contribution in [0.25, 0.3) is 11.6 Å². The van der Waals surface area contributed by atoms with Crippen LogP contribution in [-0.4, -0.2) is 52.4 Å². The zero-order chi connectivity index (χ0) is 21.5. The van der Waals surface area contributed by atoms with E-state index in [1.165, 1.54) is 20.5 Å². The molecule has 10 heteroatoms. The van der Waals surface area contributed by atoms with Gasteiger partial charge >= 0.3 is 5.16 Å². The van der Waals surface area contributed by atoms with Crippen molar-refractivity contribution in [3.05, 3.63) is 33.4 Å². The number of aromatic nitrogens is 2. The van der Waals surface area contributed by atoms with E-state index in [0.29, 0.717) is 34.0 Å². The molecule has 0 radical (unpaired) electrons. The first-order valence-corrected chi connectivity index (χ1v) is 11.0. The molecule has 2 atom stereocenters. The predicted molar refractivity (Wildman–Crippen MR) is 115 cm³/mol. The third-order valence-electron chi connectivity index (χ3n) is 4.55. The van der Waals surface area contributed by atoms with Crippen molar-refractivity contribution in [2.24, 2.45) is 0 Å². The van der Waals surface area contributed by atoms with Crippen molar-refractivity contribution >= 4 is 51.8 Å². The van der Waals surface area contributed by atoms with Crippen molar-refractivity contribution in [2.45, 2.75) is 31.3 Å². The highest BCUT2D eigenvalue weighted by Crippen LogP contribution is 2.47. The molecule has 3 rings (SSSR count). The van der Waals surface area contributed by atoms with E-state index >= 15 is 0 Å². The molecular formula is C19H21Cl2N3O4S. The lowest BCUT2D eigenvalue weighted by Gasteiger charge is -2.38. The summed E-state index contributed by atoms with van der Waals surface area (Å²) in [6.45, 7) is 3.83. The van der Waals surface area contributed by atoms with Crippen LogP contribution >= 0.6 is 23.2 Å². The number of ether oxygens (including phenoxy) is 2. The lowest BCUT2D eigenvalue weighted by molar-refractivity contribution is 0.215. The molecule has 2 aromatic rings. The van der Waals surface area contributed by atoms with Gasteiger partial charge in [-0.1, -0.05) is 23.2 Å². The number of nitrogens with zero attached hydrogens (tertiary/aromatic N) is 3. The van der Waals surface area contributed by atoms with Crippen molar-refractivity contribution in [2.75, 3.05) is 25.4 Å². The Morgan fingerprint density at radius 2 is 1.79 bits per heavy atom. The molecule has 0 spiro atoms. The molecule has 1 aromatic carbocycles. The minimum Gasteiger partial charge on any atom is -0.609 e. The van der Waals surface area contributed by atoms with Crippen LogP contribution < -0.4 is 14.4 Å². The zero-order valence-electron chi connectivity index (χ0n) is 16.6. The number of halogens is 2. The van der Waals surface area contributed by atoms with Crippen LogP contribution in [0.4, 0.5) is 5.82 Å². The second kappa shape index (κ2) is 8.57. The van der Waals surface area contributed by atoms with E-state index in [2.05, 4.69) is 9.97 Å². The number of rotatable bonds is 5. The maximum Gasteiger partial charge on any atom is 0.344 e. The lowest BCUT2D eigenvalue weighted by atomic mass is 9.96. The Bertz CT molecular complexity index is 941. The number of aliphatic hydroxyl groups excluding tert-OH is 1. The van der Waals surface area contributed by atoms with Gasteiger partial charge in [0.05, 0.1) is 24.3 Å². The number of hydrogen-bond acceptors (Lipinski definition) is 7. The molecule has 0 saturated heterocycles. The second-order valence-corrected chi connectivity index (χ2v) is 8.67. The van der Waals surface area contributed by atoms with E-state index in [-0.39, 0.29) is 21.2 Å². The summed E-state index contributed by atoms with van der Waals surface area (Å²) in [5, 5.41) is 11.9. The average molecular weight is 458 g/mol. The van der Waals surface area contributed by atoms with E-state index in [1.54, 1.807) is 23.2 Å². The highest BCUT2D eigenvalue weighted by Gasteiger charge is 2.35. The Morgan fingerprint density at radius 1 is 1.21 bits per heavy atom. The summed E-state index contributed by atoms with van der Waals surface area (Å²) < 4.78 is 22.5. The van der Waals surface area contributed by atoms with Gasteiger partial charge in [-0.2, -0.15) is 9.97 Å². The minimum absolute atomic E-state index is 0.134. The third-order valence-corrected chi connectivity index (χ3v) is 6.01. The van der Waals surface area contributed by atoms with Crippen molar-refractivity contribution < 1.29 is 19.1 Å². The summed E-state index contributed by atoms with van der Waals surface area (Å²) in [7, 11) is 2.97. The molecule has 0 amide bonds. The van der Waals surface area contributed by atoms with Crippen LogP contribution in [-0.2, 0) is 11.2 Å². The summed E-state index contributed by atoms with van der Waals surface area (Å²) in [5.74, 6) is 1.22. The molecule has 1 aliphatic heterocycles. The van der Waals surface area contributed by atoms with E-state index in [9.17, 15) is 9.66 Å². The van der Waals surface area contributed by atoms with E-state index in [4.69, 9.17) is 32.7 Å². The Kier molecular flexibility index (Phi) is 6.50. The predicted octanol–water partition coefficient (Wildman–Crippen LogP) is 3.63. The van der Waals surface area contributed by atoms with Gasteiger partial charge in [0.25, 0.3) is 0 Å². The number of methoxy groups -OCH3 is 2. The fourth-order valence-corrected chi connectivity index (χ4v) is 4.32. The Labute approximate surface area is 182 Å². The molecule has 1 aromatic heterocycles. The maximum absolute atomic E-state index is 11.8. The smallest absolute Gasteiger partial charge is 0.344 e. The third kappa shape index (κ3) is 3.87. The molecule has 2 heterocycles. The number of hydrogen-bond donors (Lipinski definition) is 1. The molecule has 0 saturated carbocycles. The van der Waals surface area contributed by atoms with Crippen molar-refractivity contribution in [3.63, 3.8) is 0 Å². The summed E-state index contributed by atoms with van der Waals surface area (Å²) in [6, 6.07) is 1.45. The zero-order valence-corrected chi connectivity index (χ0v) is 18.9. The highest BCUT2D eigenvalue weighted by atomic mass is 35.5. The molecule has 0 fully saturated rings. The lowest BCUT2D eigenvalue weighted by Crippen LogP contribution is -2.44. The summed E-state index contributed by atoms with van der Waals surface area (Å²) >= 11 is 11.8. The molecular weight excluding hydrogens is 437 g/mol. The molecule has 29 heavy (non-hydrogen) atoms. The Morgan fingerprint density at radius 3 is 2.28 bits per heavy atom. The van der Waals surface area contributed by atoms with Gasteiger partial charge in [0, 0.05) is 46.2 Å². The topological polar surface area (TPSA) is 90.8 Å². The maximum atomic E-state index is 11.8. The summed E-state index contributed by atoms with van der Waals surface area (Å²) in [6.07, 6.45) is 3.68. The summed E-state index contributed by atoms with van der Waals surface area (Å²) in [5.41, 5.74) is 1.49. The fourth-order valence-electron chi connectivity index (χ4n) is 3.19. The van der Waals surface area contributed by atoms with Gasteiger partial charge in [0.15, 0.2) is 6.23 Å². The van der Waals surface area contributed by atoms with E-state index in [0.717, 1.165) is 0 Å². The van der Waals surface area contributed by atoms with Crippen LogP contribution in [0.2, 0.25) is 10.0 Å². The van der Waals surface area contributed by atoms with Crippen molar-refractivity contribution in [3.8, 4) is 11.5 Å². The number of aliphatic hydroxyl groups is 1. The normalized spacial score (nSPS) is 17.1. The Hall–Kier alpha value is -1.71. The van der Waals surface area contributed by atoms with Crippen LogP contribution in [0.15, 0.2) is 17.4 Å². The van der Waals surface area contributed by atoms with Gasteiger partial charge in [-0.15, -0.1) is 0 Å². The molecule has 156 valence electrons. The quantitative estimate of drug-likeness (QED) is 0.541. The summed E-state index contributed by atoms with van der Waals surface area (Å²) in [4.78, 5) is 10.3. The standard InChI is InChI=1S/C19H21Cl2N3O4S/c1-9(2)24-17-10(8-22-19(23-17)29(5)26)6-11(18(24)25)14-15(20)12(27-3)7-13(28-4)16(14)21/h6-9,18,25H,1-5H3. The SMILES string of the molecule is COc1cc(OC)c(Cl)c(C2=Cc3cnc([S+](C)[O-])nc3N(C(C)C)C2O)c1Cl. The van der Waals surface area contributed by atoms with Crippen LogP contribution in [0.3, 0.4) is 0 Å². The van der Waals surface area contributed by atoms with Gasteiger partial charge in [0.1, 0.15) is 23.6 Å². The van der Waals surface area contributed by atoms with Gasteiger partial charge in [0.2, 0.25) is 0 Å². The van der Waals surface area contributed by atoms with E-state index in [1.807, 2.05) is 13.8 Å². The number of fused-ring (bicyclic) bond motifs is 1. The van der Waals surface area contributed by atoms with Gasteiger partial charge in [-0.25, -0.2) is 0 Å². The van der Waals surface area contributed by atoms with E-state index < -0.39 is 17.4 Å². The fraction of sp³-hybridized carbons (Fsp3) is 0.368. The molecule has 0 aliphatic carbocycles. The van der Waals surface area contributed by atoms with Crippen LogP contribution in [0, 0.1) is 0 Å².